The summed E-state index contributed by atoms with van der Waals surface area (Å²) < 4.78 is 5.48. The first-order chi connectivity index (χ1) is 8.29. The van der Waals surface area contributed by atoms with Crippen molar-refractivity contribution in [2.45, 2.75) is 25.8 Å². The van der Waals surface area contributed by atoms with E-state index in [2.05, 4.69) is 23.3 Å². The second-order valence-corrected chi connectivity index (χ2v) is 4.77. The standard InChI is InChI=1S/C14H18N2O/c1-9-8-12-10(6-7-15-9)14-11(16-12)4-3-5-13(14)17-2/h3-5,9,15-16H,6-8H2,1-2H3. The third kappa shape index (κ3) is 1.71. The van der Waals surface area contributed by atoms with Gasteiger partial charge in [0, 0.05) is 29.1 Å². The maximum atomic E-state index is 5.48. The summed E-state index contributed by atoms with van der Waals surface area (Å²) in [4.78, 5) is 3.54. The SMILES string of the molecule is COc1cccc2[nH]c3c(c12)CCNC(C)C3. The van der Waals surface area contributed by atoms with E-state index >= 15 is 0 Å². The molecule has 1 aliphatic heterocycles. The lowest BCUT2D eigenvalue weighted by molar-refractivity contribution is 0.419. The van der Waals surface area contributed by atoms with Crippen LogP contribution in [0.25, 0.3) is 10.9 Å². The molecule has 0 spiro atoms. The Morgan fingerprint density at radius 2 is 2.24 bits per heavy atom. The summed E-state index contributed by atoms with van der Waals surface area (Å²) in [6, 6.07) is 6.75. The molecule has 0 fully saturated rings. The van der Waals surface area contributed by atoms with Crippen LogP contribution in [0, 0.1) is 0 Å². The smallest absolute Gasteiger partial charge is 0.128 e. The first-order valence-corrected chi connectivity index (χ1v) is 6.19. The number of fused-ring (bicyclic) bond motifs is 3. The van der Waals surface area contributed by atoms with Crippen LogP contribution in [0.1, 0.15) is 18.2 Å². The van der Waals surface area contributed by atoms with Gasteiger partial charge in [-0.25, -0.2) is 0 Å². The monoisotopic (exact) mass is 230 g/mol. The molecule has 2 aromatic rings. The fourth-order valence-electron chi connectivity index (χ4n) is 2.78. The van der Waals surface area contributed by atoms with Gasteiger partial charge in [-0.2, -0.15) is 0 Å². The number of rotatable bonds is 1. The summed E-state index contributed by atoms with van der Waals surface area (Å²) in [5.41, 5.74) is 3.99. The Bertz CT molecular complexity index is 544. The van der Waals surface area contributed by atoms with E-state index in [4.69, 9.17) is 4.74 Å². The summed E-state index contributed by atoms with van der Waals surface area (Å²) in [5.74, 6) is 0.981. The van der Waals surface area contributed by atoms with Crippen LogP contribution in [0.2, 0.25) is 0 Å². The van der Waals surface area contributed by atoms with Crippen molar-refractivity contribution < 1.29 is 4.74 Å². The summed E-state index contributed by atoms with van der Waals surface area (Å²) in [6.45, 7) is 3.27. The van der Waals surface area contributed by atoms with Crippen LogP contribution in [-0.2, 0) is 12.8 Å². The fourth-order valence-corrected chi connectivity index (χ4v) is 2.78. The number of aromatic nitrogens is 1. The number of nitrogens with one attached hydrogen (secondary N) is 2. The molecule has 90 valence electrons. The third-order valence-electron chi connectivity index (χ3n) is 3.58. The molecule has 3 rings (SSSR count). The highest BCUT2D eigenvalue weighted by molar-refractivity contribution is 5.90. The van der Waals surface area contributed by atoms with Crippen molar-refractivity contribution in [3.63, 3.8) is 0 Å². The molecule has 3 heteroatoms. The van der Waals surface area contributed by atoms with Crippen molar-refractivity contribution in [1.82, 2.24) is 10.3 Å². The zero-order chi connectivity index (χ0) is 11.8. The van der Waals surface area contributed by atoms with E-state index in [-0.39, 0.29) is 0 Å². The number of hydrogen-bond donors (Lipinski definition) is 2. The lowest BCUT2D eigenvalue weighted by Crippen LogP contribution is -2.27. The van der Waals surface area contributed by atoms with Gasteiger partial charge in [-0.3, -0.25) is 0 Å². The van der Waals surface area contributed by atoms with Gasteiger partial charge >= 0.3 is 0 Å². The third-order valence-corrected chi connectivity index (χ3v) is 3.58. The van der Waals surface area contributed by atoms with Gasteiger partial charge in [0.05, 0.1) is 7.11 Å². The molecule has 0 saturated heterocycles. The second-order valence-electron chi connectivity index (χ2n) is 4.77. The molecule has 2 heterocycles. The minimum atomic E-state index is 0.537. The predicted octanol–water partition coefficient (Wildman–Crippen LogP) is 2.25. The Morgan fingerprint density at radius 3 is 3.06 bits per heavy atom. The molecule has 1 unspecified atom stereocenters. The minimum absolute atomic E-state index is 0.537. The summed E-state index contributed by atoms with van der Waals surface area (Å²) in [7, 11) is 1.74. The van der Waals surface area contributed by atoms with Crippen LogP contribution in [0.15, 0.2) is 18.2 Å². The Labute approximate surface area is 101 Å². The van der Waals surface area contributed by atoms with Crippen molar-refractivity contribution in [3.8, 4) is 5.75 Å². The Kier molecular flexibility index (Phi) is 2.56. The number of H-pyrrole nitrogens is 1. The second kappa shape index (κ2) is 4.08. The van der Waals surface area contributed by atoms with E-state index in [9.17, 15) is 0 Å². The summed E-state index contributed by atoms with van der Waals surface area (Å²) in [6.07, 6.45) is 2.13. The van der Waals surface area contributed by atoms with Gasteiger partial charge in [-0.15, -0.1) is 0 Å². The van der Waals surface area contributed by atoms with Gasteiger partial charge in [0.25, 0.3) is 0 Å². The molecule has 1 aromatic carbocycles. The average molecular weight is 230 g/mol. The number of hydrogen-bond acceptors (Lipinski definition) is 2. The van der Waals surface area contributed by atoms with Crippen molar-refractivity contribution in [1.29, 1.82) is 0 Å². The first-order valence-electron chi connectivity index (χ1n) is 6.19. The van der Waals surface area contributed by atoms with Crippen LogP contribution in [0.4, 0.5) is 0 Å². The molecule has 0 bridgehead atoms. The molecule has 3 nitrogen and oxygen atoms in total. The average Bonchev–Trinajstić information content (AvgIpc) is 2.57. The van der Waals surface area contributed by atoms with Gasteiger partial charge in [-0.05, 0) is 37.6 Å². The highest BCUT2D eigenvalue weighted by Gasteiger charge is 2.19. The van der Waals surface area contributed by atoms with Gasteiger partial charge in [0.15, 0.2) is 0 Å². The van der Waals surface area contributed by atoms with Crippen molar-refractivity contribution in [2.24, 2.45) is 0 Å². The minimum Gasteiger partial charge on any atom is -0.496 e. The number of methoxy groups -OCH3 is 1. The molecule has 1 atom stereocenters. The molecule has 2 N–H and O–H groups in total. The molecule has 0 amide bonds. The molecule has 1 aromatic heterocycles. The van der Waals surface area contributed by atoms with Gasteiger partial charge in [0.1, 0.15) is 5.75 Å². The highest BCUT2D eigenvalue weighted by atomic mass is 16.5. The normalized spacial score (nSPS) is 20.0. The molecular weight excluding hydrogens is 212 g/mol. The quantitative estimate of drug-likeness (QED) is 0.788. The Balaban J connectivity index is 2.22. The topological polar surface area (TPSA) is 37.0 Å². The van der Waals surface area contributed by atoms with Crippen LogP contribution in [-0.4, -0.2) is 24.7 Å². The van der Waals surface area contributed by atoms with E-state index in [0.717, 1.165) is 25.1 Å². The Hall–Kier alpha value is -1.48. The number of benzene rings is 1. The van der Waals surface area contributed by atoms with E-state index < -0.39 is 0 Å². The maximum absolute atomic E-state index is 5.48. The molecule has 1 aliphatic rings. The maximum Gasteiger partial charge on any atom is 0.128 e. The lowest BCUT2D eigenvalue weighted by atomic mass is 10.1. The molecule has 0 aliphatic carbocycles. The highest BCUT2D eigenvalue weighted by Crippen LogP contribution is 2.32. The van der Waals surface area contributed by atoms with Crippen molar-refractivity contribution in [3.05, 3.63) is 29.5 Å². The van der Waals surface area contributed by atoms with Crippen LogP contribution < -0.4 is 10.1 Å². The summed E-state index contributed by atoms with van der Waals surface area (Å²) in [5, 5.41) is 4.78. The zero-order valence-corrected chi connectivity index (χ0v) is 10.3. The summed E-state index contributed by atoms with van der Waals surface area (Å²) >= 11 is 0. The first kappa shape index (κ1) is 10.7. The lowest BCUT2D eigenvalue weighted by Gasteiger charge is -2.07. The largest absolute Gasteiger partial charge is 0.496 e. The van der Waals surface area contributed by atoms with E-state index in [0.29, 0.717) is 6.04 Å². The van der Waals surface area contributed by atoms with Crippen LogP contribution in [0.5, 0.6) is 5.75 Å². The Morgan fingerprint density at radius 1 is 1.35 bits per heavy atom. The number of aromatic amines is 1. The molecule has 17 heavy (non-hydrogen) atoms. The zero-order valence-electron chi connectivity index (χ0n) is 10.3. The van der Waals surface area contributed by atoms with Gasteiger partial charge in [0.2, 0.25) is 0 Å². The molecule has 0 radical (unpaired) electrons. The van der Waals surface area contributed by atoms with Gasteiger partial charge in [-0.1, -0.05) is 6.07 Å². The van der Waals surface area contributed by atoms with E-state index in [1.54, 1.807) is 7.11 Å². The molecule has 0 saturated carbocycles. The van der Waals surface area contributed by atoms with Gasteiger partial charge < -0.3 is 15.0 Å². The number of ether oxygens (including phenoxy) is 1. The van der Waals surface area contributed by atoms with E-state index in [1.165, 1.54) is 22.2 Å². The van der Waals surface area contributed by atoms with E-state index in [1.807, 2.05) is 12.1 Å². The van der Waals surface area contributed by atoms with Crippen molar-refractivity contribution >= 4 is 10.9 Å². The molecular formula is C14H18N2O. The fraction of sp³-hybridized carbons (Fsp3) is 0.429. The predicted molar refractivity (Wildman–Crippen MR) is 69.7 cm³/mol. The van der Waals surface area contributed by atoms with Crippen molar-refractivity contribution in [2.75, 3.05) is 13.7 Å². The van der Waals surface area contributed by atoms with Crippen LogP contribution >= 0.6 is 0 Å². The van der Waals surface area contributed by atoms with Crippen LogP contribution in [0.3, 0.4) is 0 Å².